The summed E-state index contributed by atoms with van der Waals surface area (Å²) in [5.74, 6) is -1.62. The number of furan rings is 1. The van der Waals surface area contributed by atoms with Crippen molar-refractivity contribution in [2.45, 2.75) is 19.4 Å². The van der Waals surface area contributed by atoms with Crippen molar-refractivity contribution in [3.63, 3.8) is 0 Å². The van der Waals surface area contributed by atoms with Crippen LogP contribution < -0.4 is 10.9 Å². The van der Waals surface area contributed by atoms with E-state index in [0.29, 0.717) is 27.5 Å². The van der Waals surface area contributed by atoms with Crippen LogP contribution in [-0.4, -0.2) is 17.5 Å². The molecule has 39 heavy (non-hydrogen) atoms. The number of nitrogens with zero attached hydrogens (tertiary/aromatic N) is 1. The fraction of sp³-hybridized carbons (Fsp3) is 0.133. The van der Waals surface area contributed by atoms with Gasteiger partial charge < -0.3 is 18.9 Å². The molecule has 3 heterocycles. The fourth-order valence-electron chi connectivity index (χ4n) is 4.31. The number of allylic oxidation sites excluding steroid dienone is 2. The zero-order valence-corrected chi connectivity index (χ0v) is 21.6. The van der Waals surface area contributed by atoms with Crippen molar-refractivity contribution in [1.82, 2.24) is 5.32 Å². The molecule has 1 N–H and O–H groups in total. The Morgan fingerprint density at radius 3 is 2.59 bits per heavy atom. The molecule has 2 aromatic carbocycles. The van der Waals surface area contributed by atoms with Gasteiger partial charge >= 0.3 is 11.6 Å². The van der Waals surface area contributed by atoms with Crippen LogP contribution in [0.25, 0.3) is 11.0 Å². The maximum atomic E-state index is 13.3. The number of rotatable bonds is 8. The highest BCUT2D eigenvalue weighted by Crippen LogP contribution is 2.41. The first kappa shape index (κ1) is 25.8. The van der Waals surface area contributed by atoms with Gasteiger partial charge in [0.2, 0.25) is 0 Å². The zero-order valence-electron chi connectivity index (χ0n) is 20.8. The molecule has 0 spiro atoms. The molecule has 0 bridgehead atoms. The summed E-state index contributed by atoms with van der Waals surface area (Å²) in [4.78, 5) is 38.7. The van der Waals surface area contributed by atoms with E-state index in [9.17, 15) is 19.6 Å². The van der Waals surface area contributed by atoms with Crippen LogP contribution >= 0.6 is 11.8 Å². The molecule has 0 fully saturated rings. The van der Waals surface area contributed by atoms with E-state index in [4.69, 9.17) is 13.6 Å². The molecule has 1 aliphatic heterocycles. The average molecular weight is 539 g/mol. The summed E-state index contributed by atoms with van der Waals surface area (Å²) in [6, 6.07) is 23.2. The quantitative estimate of drug-likeness (QED) is 0.177. The highest BCUT2D eigenvalue weighted by atomic mass is 32.2. The Labute approximate surface area is 227 Å². The lowest BCUT2D eigenvalue weighted by molar-refractivity contribution is -0.140. The van der Waals surface area contributed by atoms with Crippen LogP contribution in [0.1, 0.15) is 34.5 Å². The number of nitriles is 1. The van der Waals surface area contributed by atoms with Crippen LogP contribution in [0, 0.1) is 11.3 Å². The van der Waals surface area contributed by atoms with Gasteiger partial charge in [-0.05, 0) is 36.8 Å². The Bertz CT molecular complexity index is 1710. The summed E-state index contributed by atoms with van der Waals surface area (Å²) < 4.78 is 16.5. The first-order valence-electron chi connectivity index (χ1n) is 12.0. The fourth-order valence-corrected chi connectivity index (χ4v) is 5.28. The Hall–Kier alpha value is -4.81. The van der Waals surface area contributed by atoms with Crippen LogP contribution in [0.2, 0.25) is 0 Å². The molecule has 0 aliphatic carbocycles. The number of esters is 1. The van der Waals surface area contributed by atoms with Gasteiger partial charge in [-0.2, -0.15) is 5.26 Å². The number of nitrogens with one attached hydrogen (secondary N) is 1. The van der Waals surface area contributed by atoms with Crippen molar-refractivity contribution in [2.24, 2.45) is 0 Å². The number of carbonyl (C=O) groups is 2. The van der Waals surface area contributed by atoms with Crippen molar-refractivity contribution >= 4 is 34.5 Å². The Kier molecular flexibility index (Phi) is 7.48. The van der Waals surface area contributed by atoms with E-state index in [-0.39, 0.29) is 29.1 Å². The molecule has 1 aliphatic rings. The number of ketones is 1. The number of benzene rings is 2. The van der Waals surface area contributed by atoms with Crippen molar-refractivity contribution in [2.75, 3.05) is 5.75 Å². The summed E-state index contributed by atoms with van der Waals surface area (Å²) in [5, 5.41) is 14.3. The predicted octanol–water partition coefficient (Wildman–Crippen LogP) is 5.44. The number of ether oxygens (including phenoxy) is 1. The molecule has 5 rings (SSSR count). The van der Waals surface area contributed by atoms with Crippen molar-refractivity contribution in [3.8, 4) is 6.07 Å². The summed E-state index contributed by atoms with van der Waals surface area (Å²) in [6.45, 7) is 1.76. The summed E-state index contributed by atoms with van der Waals surface area (Å²) >= 11 is 1.06. The number of Topliss-reactive ketones (excluding diaryl/α,β-unsaturated/α-hetero) is 1. The van der Waals surface area contributed by atoms with Gasteiger partial charge in [-0.25, -0.2) is 9.59 Å². The second kappa shape index (κ2) is 11.3. The summed E-state index contributed by atoms with van der Waals surface area (Å²) in [7, 11) is 0. The largest absolute Gasteiger partial charge is 0.468 e. The summed E-state index contributed by atoms with van der Waals surface area (Å²) in [5.41, 5.74) is 1.33. The van der Waals surface area contributed by atoms with Gasteiger partial charge in [0.05, 0.1) is 40.2 Å². The smallest absolute Gasteiger partial charge is 0.347 e. The minimum Gasteiger partial charge on any atom is -0.468 e. The highest BCUT2D eigenvalue weighted by Gasteiger charge is 2.37. The summed E-state index contributed by atoms with van der Waals surface area (Å²) in [6.07, 6.45) is 1.46. The number of carbonyl (C=O) groups excluding carboxylic acids is 2. The minimum absolute atomic E-state index is 0.0668. The van der Waals surface area contributed by atoms with Crippen molar-refractivity contribution < 1.29 is 23.2 Å². The van der Waals surface area contributed by atoms with E-state index >= 15 is 0 Å². The van der Waals surface area contributed by atoms with Crippen LogP contribution in [0.15, 0.2) is 115 Å². The topological polar surface area (TPSA) is 123 Å². The number of para-hydroxylation sites is 1. The first-order chi connectivity index (χ1) is 19.0. The van der Waals surface area contributed by atoms with Crippen LogP contribution in [-0.2, 0) is 16.1 Å². The van der Waals surface area contributed by atoms with E-state index in [1.807, 2.05) is 30.3 Å². The second-order valence-corrected chi connectivity index (χ2v) is 9.71. The maximum absolute atomic E-state index is 13.3. The Morgan fingerprint density at radius 2 is 1.85 bits per heavy atom. The van der Waals surface area contributed by atoms with Gasteiger partial charge in [0.15, 0.2) is 5.78 Å². The standard InChI is InChI=1S/C30H22N2O6S/c1-18-26(30(35)37-16-19-8-3-2-4-9-19)27(25-12-7-13-36-25)22(15-31)28(32-18)39-17-23(33)21-14-20-10-5-6-11-24(20)38-29(21)34/h2-14,27,32H,16-17H2,1H3. The zero-order chi connectivity index (χ0) is 27.4. The molecular formula is C30H22N2O6S. The Morgan fingerprint density at radius 1 is 1.08 bits per heavy atom. The van der Waals surface area contributed by atoms with Gasteiger partial charge in [-0.3, -0.25) is 4.79 Å². The lowest BCUT2D eigenvalue weighted by atomic mass is 9.86. The average Bonchev–Trinajstić information content (AvgIpc) is 3.49. The van der Waals surface area contributed by atoms with Crippen molar-refractivity contribution in [3.05, 3.63) is 128 Å². The van der Waals surface area contributed by atoms with Gasteiger partial charge in [-0.1, -0.05) is 60.3 Å². The first-order valence-corrected chi connectivity index (χ1v) is 13.0. The molecular weight excluding hydrogens is 516 g/mol. The van der Waals surface area contributed by atoms with Crippen LogP contribution in [0.5, 0.6) is 0 Å². The molecule has 1 atom stereocenters. The van der Waals surface area contributed by atoms with Gasteiger partial charge in [0.25, 0.3) is 0 Å². The number of hydrogen-bond acceptors (Lipinski definition) is 9. The second-order valence-electron chi connectivity index (χ2n) is 8.73. The minimum atomic E-state index is -0.835. The molecule has 0 saturated carbocycles. The van der Waals surface area contributed by atoms with E-state index in [1.54, 1.807) is 43.3 Å². The number of dihydropyridines is 1. The third kappa shape index (κ3) is 5.42. The number of thioether (sulfide) groups is 1. The van der Waals surface area contributed by atoms with E-state index < -0.39 is 23.3 Å². The molecule has 8 nitrogen and oxygen atoms in total. The maximum Gasteiger partial charge on any atom is 0.347 e. The third-order valence-corrected chi connectivity index (χ3v) is 7.21. The Balaban J connectivity index is 1.41. The SMILES string of the molecule is CC1=C(C(=O)OCc2ccccc2)C(c2ccco2)C(C#N)=C(SCC(=O)c2cc3ccccc3oc2=O)N1. The lowest BCUT2D eigenvalue weighted by Crippen LogP contribution is -2.29. The molecule has 4 aromatic rings. The van der Waals surface area contributed by atoms with E-state index in [0.717, 1.165) is 17.3 Å². The molecule has 194 valence electrons. The monoisotopic (exact) mass is 538 g/mol. The molecule has 0 saturated heterocycles. The van der Waals surface area contributed by atoms with Crippen molar-refractivity contribution in [1.29, 1.82) is 5.26 Å². The molecule has 1 unspecified atom stereocenters. The predicted molar refractivity (Wildman–Crippen MR) is 145 cm³/mol. The van der Waals surface area contributed by atoms with Gasteiger partial charge in [0, 0.05) is 11.1 Å². The molecule has 9 heteroatoms. The van der Waals surface area contributed by atoms with Crippen LogP contribution in [0.3, 0.4) is 0 Å². The van der Waals surface area contributed by atoms with Gasteiger partial charge in [0.1, 0.15) is 23.5 Å². The van der Waals surface area contributed by atoms with Crippen LogP contribution in [0.4, 0.5) is 0 Å². The third-order valence-electron chi connectivity index (χ3n) is 6.20. The van der Waals surface area contributed by atoms with E-state index in [2.05, 4.69) is 11.4 Å². The van der Waals surface area contributed by atoms with Gasteiger partial charge in [-0.15, -0.1) is 0 Å². The van der Waals surface area contributed by atoms with E-state index in [1.165, 1.54) is 12.3 Å². The molecule has 2 aromatic heterocycles. The normalized spacial score (nSPS) is 15.1. The number of fused-ring (bicyclic) bond motifs is 1. The molecule has 0 radical (unpaired) electrons. The lowest BCUT2D eigenvalue weighted by Gasteiger charge is -2.27. The number of hydrogen-bond donors (Lipinski definition) is 1. The highest BCUT2D eigenvalue weighted by molar-refractivity contribution is 8.03. The molecule has 0 amide bonds.